The fraction of sp³-hybridized carbons (Fsp3) is 0.444. The maximum Gasteiger partial charge on any atom is 0.245 e. The first kappa shape index (κ1) is 17.4. The predicted octanol–water partition coefficient (Wildman–Crippen LogP) is 1.94. The SMILES string of the molecule is COc1ccc(CN2CCN(C(=O)[C@@H](C)n3ccnc3)CC2)cc1F. The van der Waals surface area contributed by atoms with Crippen LogP contribution in [0.1, 0.15) is 18.5 Å². The van der Waals surface area contributed by atoms with Crippen LogP contribution in [0.4, 0.5) is 4.39 Å². The van der Waals surface area contributed by atoms with Crippen LogP contribution in [-0.2, 0) is 11.3 Å². The molecule has 1 aliphatic heterocycles. The molecule has 1 aromatic carbocycles. The minimum absolute atomic E-state index is 0.105. The topological polar surface area (TPSA) is 50.6 Å². The number of methoxy groups -OCH3 is 1. The number of carbonyl (C=O) groups is 1. The summed E-state index contributed by atoms with van der Waals surface area (Å²) in [4.78, 5) is 20.7. The number of hydrogen-bond acceptors (Lipinski definition) is 4. The van der Waals surface area contributed by atoms with Gasteiger partial charge in [-0.15, -0.1) is 0 Å². The lowest BCUT2D eigenvalue weighted by atomic mass is 10.1. The highest BCUT2D eigenvalue weighted by atomic mass is 19.1. The van der Waals surface area contributed by atoms with Crippen LogP contribution in [0.15, 0.2) is 36.9 Å². The number of amides is 1. The van der Waals surface area contributed by atoms with Gasteiger partial charge < -0.3 is 14.2 Å². The molecular weight excluding hydrogens is 323 g/mol. The van der Waals surface area contributed by atoms with E-state index in [-0.39, 0.29) is 23.5 Å². The number of hydrogen-bond donors (Lipinski definition) is 0. The van der Waals surface area contributed by atoms with Gasteiger partial charge in [-0.2, -0.15) is 0 Å². The van der Waals surface area contributed by atoms with Gasteiger partial charge in [0.2, 0.25) is 5.91 Å². The van der Waals surface area contributed by atoms with E-state index < -0.39 is 0 Å². The van der Waals surface area contributed by atoms with Crippen molar-refractivity contribution in [3.8, 4) is 5.75 Å². The second-order valence-electron chi connectivity index (χ2n) is 6.26. The second-order valence-corrected chi connectivity index (χ2v) is 6.26. The van der Waals surface area contributed by atoms with Gasteiger partial charge in [0.25, 0.3) is 0 Å². The summed E-state index contributed by atoms with van der Waals surface area (Å²) in [5, 5.41) is 0. The maximum atomic E-state index is 13.8. The van der Waals surface area contributed by atoms with E-state index >= 15 is 0 Å². The summed E-state index contributed by atoms with van der Waals surface area (Å²) in [5.41, 5.74) is 0.907. The van der Waals surface area contributed by atoms with Crippen LogP contribution in [0.2, 0.25) is 0 Å². The Bertz CT molecular complexity index is 712. The number of nitrogens with zero attached hydrogens (tertiary/aromatic N) is 4. The largest absolute Gasteiger partial charge is 0.494 e. The molecule has 1 fully saturated rings. The number of carbonyl (C=O) groups excluding carboxylic acids is 1. The number of rotatable bonds is 5. The first-order valence-electron chi connectivity index (χ1n) is 8.39. The molecule has 0 radical (unpaired) electrons. The molecule has 6 nitrogen and oxygen atoms in total. The molecule has 1 aliphatic rings. The highest BCUT2D eigenvalue weighted by molar-refractivity contribution is 5.80. The molecule has 134 valence electrons. The van der Waals surface area contributed by atoms with Gasteiger partial charge in [0.15, 0.2) is 11.6 Å². The van der Waals surface area contributed by atoms with Crippen molar-refractivity contribution >= 4 is 5.91 Å². The Morgan fingerprint density at radius 3 is 2.68 bits per heavy atom. The number of aromatic nitrogens is 2. The van der Waals surface area contributed by atoms with E-state index in [1.54, 1.807) is 24.8 Å². The van der Waals surface area contributed by atoms with Gasteiger partial charge in [0.1, 0.15) is 6.04 Å². The van der Waals surface area contributed by atoms with Crippen molar-refractivity contribution in [3.63, 3.8) is 0 Å². The van der Waals surface area contributed by atoms with E-state index in [2.05, 4.69) is 9.88 Å². The molecule has 2 heterocycles. The van der Waals surface area contributed by atoms with Crippen molar-refractivity contribution in [2.24, 2.45) is 0 Å². The Hall–Kier alpha value is -2.41. The van der Waals surface area contributed by atoms with E-state index in [9.17, 15) is 9.18 Å². The number of benzene rings is 1. The normalized spacial score (nSPS) is 16.7. The first-order valence-corrected chi connectivity index (χ1v) is 8.39. The number of halogens is 1. The number of imidazole rings is 1. The van der Waals surface area contributed by atoms with Crippen LogP contribution in [0, 0.1) is 5.82 Å². The molecule has 0 spiro atoms. The summed E-state index contributed by atoms with van der Waals surface area (Å²) >= 11 is 0. The molecule has 0 unspecified atom stereocenters. The highest BCUT2D eigenvalue weighted by Gasteiger charge is 2.25. The smallest absolute Gasteiger partial charge is 0.245 e. The molecule has 0 saturated carbocycles. The lowest BCUT2D eigenvalue weighted by Crippen LogP contribution is -2.49. The molecule has 0 N–H and O–H groups in total. The molecule has 0 aliphatic carbocycles. The molecule has 7 heteroatoms. The van der Waals surface area contributed by atoms with E-state index in [0.717, 1.165) is 18.7 Å². The van der Waals surface area contributed by atoms with Crippen LogP contribution in [0.5, 0.6) is 5.75 Å². The van der Waals surface area contributed by atoms with Gasteiger partial charge in [0.05, 0.1) is 13.4 Å². The van der Waals surface area contributed by atoms with E-state index in [4.69, 9.17) is 4.74 Å². The number of ether oxygens (including phenoxy) is 1. The molecule has 1 aromatic heterocycles. The summed E-state index contributed by atoms with van der Waals surface area (Å²) in [6.07, 6.45) is 5.14. The minimum atomic E-state index is -0.344. The molecule has 1 saturated heterocycles. The molecule has 1 amide bonds. The Balaban J connectivity index is 1.53. The third-order valence-electron chi connectivity index (χ3n) is 4.64. The van der Waals surface area contributed by atoms with Gasteiger partial charge in [-0.3, -0.25) is 9.69 Å². The highest BCUT2D eigenvalue weighted by Crippen LogP contribution is 2.19. The monoisotopic (exact) mass is 346 g/mol. The van der Waals surface area contributed by atoms with Crippen molar-refractivity contribution in [2.75, 3.05) is 33.3 Å². The maximum absolute atomic E-state index is 13.8. The summed E-state index contributed by atoms with van der Waals surface area (Å²) in [6, 6.07) is 4.79. The average Bonchev–Trinajstić information content (AvgIpc) is 3.16. The fourth-order valence-electron chi connectivity index (χ4n) is 3.08. The van der Waals surface area contributed by atoms with Crippen molar-refractivity contribution in [1.82, 2.24) is 19.4 Å². The van der Waals surface area contributed by atoms with Crippen molar-refractivity contribution in [1.29, 1.82) is 0 Å². The quantitative estimate of drug-likeness (QED) is 0.830. The van der Waals surface area contributed by atoms with Crippen molar-refractivity contribution in [2.45, 2.75) is 19.5 Å². The molecular formula is C18H23FN4O2. The number of piperazine rings is 1. The zero-order valence-corrected chi connectivity index (χ0v) is 14.6. The van der Waals surface area contributed by atoms with Crippen LogP contribution in [-0.4, -0.2) is 58.5 Å². The summed E-state index contributed by atoms with van der Waals surface area (Å²) in [6.45, 7) is 5.45. The molecule has 1 atom stereocenters. The van der Waals surface area contributed by atoms with Crippen LogP contribution in [0.3, 0.4) is 0 Å². The Labute approximate surface area is 146 Å². The van der Waals surface area contributed by atoms with Gasteiger partial charge in [-0.05, 0) is 24.6 Å². The molecule has 3 rings (SSSR count). The second kappa shape index (κ2) is 7.65. The molecule has 2 aromatic rings. The summed E-state index contributed by atoms with van der Waals surface area (Å²) in [7, 11) is 1.46. The van der Waals surface area contributed by atoms with Crippen LogP contribution >= 0.6 is 0 Å². The van der Waals surface area contributed by atoms with Gasteiger partial charge in [0, 0.05) is 45.1 Å². The predicted molar refractivity (Wildman–Crippen MR) is 91.7 cm³/mol. The minimum Gasteiger partial charge on any atom is -0.494 e. The lowest BCUT2D eigenvalue weighted by molar-refractivity contribution is -0.136. The van der Waals surface area contributed by atoms with E-state index in [0.29, 0.717) is 19.6 Å². The zero-order valence-electron chi connectivity index (χ0n) is 14.6. The standard InChI is InChI=1S/C18H23FN4O2/c1-14(23-6-5-20-13-23)18(24)22-9-7-21(8-10-22)12-15-3-4-17(25-2)16(19)11-15/h3-6,11,13-14H,7-10,12H2,1-2H3/t14-/m1/s1. The van der Waals surface area contributed by atoms with Crippen LogP contribution < -0.4 is 4.74 Å². The van der Waals surface area contributed by atoms with Crippen molar-refractivity contribution in [3.05, 3.63) is 48.3 Å². The van der Waals surface area contributed by atoms with E-state index in [1.807, 2.05) is 22.5 Å². The first-order chi connectivity index (χ1) is 12.1. The summed E-state index contributed by atoms with van der Waals surface area (Å²) < 4.78 is 20.6. The lowest BCUT2D eigenvalue weighted by Gasteiger charge is -2.36. The Morgan fingerprint density at radius 2 is 2.08 bits per heavy atom. The Morgan fingerprint density at radius 1 is 1.32 bits per heavy atom. The Kier molecular flexibility index (Phi) is 5.33. The summed E-state index contributed by atoms with van der Waals surface area (Å²) in [5.74, 6) is 0.0174. The fourth-order valence-corrected chi connectivity index (χ4v) is 3.08. The van der Waals surface area contributed by atoms with E-state index in [1.165, 1.54) is 13.2 Å². The third kappa shape index (κ3) is 3.99. The van der Waals surface area contributed by atoms with Crippen LogP contribution in [0.25, 0.3) is 0 Å². The molecule has 0 bridgehead atoms. The average molecular weight is 346 g/mol. The van der Waals surface area contributed by atoms with Gasteiger partial charge in [-0.1, -0.05) is 6.07 Å². The third-order valence-corrected chi connectivity index (χ3v) is 4.64. The van der Waals surface area contributed by atoms with Crippen molar-refractivity contribution < 1.29 is 13.9 Å². The van der Waals surface area contributed by atoms with Gasteiger partial charge in [-0.25, -0.2) is 9.37 Å². The zero-order chi connectivity index (χ0) is 17.8. The molecule has 25 heavy (non-hydrogen) atoms. The van der Waals surface area contributed by atoms with Gasteiger partial charge >= 0.3 is 0 Å².